The Kier molecular flexibility index (Phi) is 9.34. The van der Waals surface area contributed by atoms with Gasteiger partial charge >= 0.3 is 0 Å². The van der Waals surface area contributed by atoms with E-state index in [0.29, 0.717) is 18.4 Å². The Bertz CT molecular complexity index is 469. The molecule has 1 unspecified atom stereocenters. The first-order valence-electron chi connectivity index (χ1n) is 10.6. The highest BCUT2D eigenvalue weighted by Crippen LogP contribution is 2.11. The van der Waals surface area contributed by atoms with Crippen molar-refractivity contribution in [3.05, 3.63) is 0 Å². The molecule has 1 atom stereocenters. The highest BCUT2D eigenvalue weighted by molar-refractivity contribution is 5.80. The third kappa shape index (κ3) is 6.96. The SMILES string of the molecule is CCOC(CCNC(=NC)N1CCN(CC(=O)N2CCCC2)CC1)C(C)C. The molecular weight excluding hydrogens is 342 g/mol. The zero-order valence-electron chi connectivity index (χ0n) is 17.7. The molecule has 7 nitrogen and oxygen atoms in total. The van der Waals surface area contributed by atoms with Crippen LogP contribution in [0.1, 0.15) is 40.0 Å². The number of carbonyl (C=O) groups excluding carboxylic acids is 1. The Morgan fingerprint density at radius 1 is 1.07 bits per heavy atom. The number of carbonyl (C=O) groups is 1. The summed E-state index contributed by atoms with van der Waals surface area (Å²) >= 11 is 0. The second kappa shape index (κ2) is 11.5. The average Bonchev–Trinajstić information content (AvgIpc) is 3.20. The van der Waals surface area contributed by atoms with E-state index in [1.807, 2.05) is 11.9 Å². The predicted octanol–water partition coefficient (Wildman–Crippen LogP) is 1.25. The van der Waals surface area contributed by atoms with Gasteiger partial charge in [0, 0.05) is 59.5 Å². The van der Waals surface area contributed by atoms with Crippen LogP contribution >= 0.6 is 0 Å². The maximum atomic E-state index is 12.3. The fourth-order valence-corrected chi connectivity index (χ4v) is 3.86. The molecule has 2 rings (SSSR count). The molecule has 2 aliphatic heterocycles. The van der Waals surface area contributed by atoms with Crippen LogP contribution in [-0.4, -0.2) is 98.7 Å². The molecule has 1 N–H and O–H groups in total. The zero-order valence-corrected chi connectivity index (χ0v) is 17.7. The maximum Gasteiger partial charge on any atom is 0.236 e. The largest absolute Gasteiger partial charge is 0.378 e. The van der Waals surface area contributed by atoms with Gasteiger partial charge in [-0.1, -0.05) is 13.8 Å². The molecule has 156 valence electrons. The van der Waals surface area contributed by atoms with Crippen molar-refractivity contribution in [3.8, 4) is 0 Å². The summed E-state index contributed by atoms with van der Waals surface area (Å²) in [7, 11) is 1.84. The van der Waals surface area contributed by atoms with E-state index in [1.165, 1.54) is 0 Å². The molecule has 0 aromatic heterocycles. The van der Waals surface area contributed by atoms with Crippen molar-refractivity contribution in [2.45, 2.75) is 46.1 Å². The first-order valence-corrected chi connectivity index (χ1v) is 10.6. The summed E-state index contributed by atoms with van der Waals surface area (Å²) in [6, 6.07) is 0. The standard InChI is InChI=1S/C20H39N5O2/c1-5-27-18(17(2)3)8-9-22-20(21-4)25-14-12-23(13-15-25)16-19(26)24-10-6-7-11-24/h17-18H,5-16H2,1-4H3,(H,21,22). The third-order valence-corrected chi connectivity index (χ3v) is 5.54. The topological polar surface area (TPSA) is 60.4 Å². The number of aliphatic imine (C=N–C) groups is 1. The van der Waals surface area contributed by atoms with Gasteiger partial charge in [-0.3, -0.25) is 14.7 Å². The molecule has 0 spiro atoms. The van der Waals surface area contributed by atoms with Gasteiger partial charge in [-0.05, 0) is 32.1 Å². The van der Waals surface area contributed by atoms with E-state index < -0.39 is 0 Å². The smallest absolute Gasteiger partial charge is 0.236 e. The van der Waals surface area contributed by atoms with Crippen molar-refractivity contribution in [1.82, 2.24) is 20.0 Å². The van der Waals surface area contributed by atoms with Gasteiger partial charge in [0.25, 0.3) is 0 Å². The lowest BCUT2D eigenvalue weighted by molar-refractivity contribution is -0.131. The molecule has 1 amide bonds. The van der Waals surface area contributed by atoms with E-state index in [0.717, 1.165) is 77.6 Å². The molecule has 2 fully saturated rings. The minimum absolute atomic E-state index is 0.286. The fraction of sp³-hybridized carbons (Fsp3) is 0.900. The molecular formula is C20H39N5O2. The summed E-state index contributed by atoms with van der Waals surface area (Å²) < 4.78 is 5.82. The lowest BCUT2D eigenvalue weighted by Crippen LogP contribution is -2.54. The van der Waals surface area contributed by atoms with Gasteiger partial charge in [0.15, 0.2) is 5.96 Å². The second-order valence-corrected chi connectivity index (χ2v) is 7.85. The summed E-state index contributed by atoms with van der Waals surface area (Å²) in [5.74, 6) is 1.77. The van der Waals surface area contributed by atoms with E-state index in [2.05, 4.69) is 40.9 Å². The van der Waals surface area contributed by atoms with Crippen LogP contribution in [0.2, 0.25) is 0 Å². The van der Waals surface area contributed by atoms with E-state index in [9.17, 15) is 4.79 Å². The van der Waals surface area contributed by atoms with Crippen LogP contribution in [0.25, 0.3) is 0 Å². The van der Waals surface area contributed by atoms with E-state index in [4.69, 9.17) is 4.74 Å². The molecule has 2 aliphatic rings. The number of hydrogen-bond donors (Lipinski definition) is 1. The van der Waals surface area contributed by atoms with Crippen LogP contribution in [0.5, 0.6) is 0 Å². The molecule has 0 radical (unpaired) electrons. The van der Waals surface area contributed by atoms with Crippen LogP contribution in [0.3, 0.4) is 0 Å². The Balaban J connectivity index is 1.70. The molecule has 7 heteroatoms. The van der Waals surface area contributed by atoms with E-state index >= 15 is 0 Å². The monoisotopic (exact) mass is 381 g/mol. The minimum Gasteiger partial charge on any atom is -0.378 e. The van der Waals surface area contributed by atoms with Crippen LogP contribution in [0.15, 0.2) is 4.99 Å². The summed E-state index contributed by atoms with van der Waals surface area (Å²) in [5.41, 5.74) is 0. The number of rotatable bonds is 8. The summed E-state index contributed by atoms with van der Waals surface area (Å²) in [6.45, 7) is 14.2. The van der Waals surface area contributed by atoms with Crippen molar-refractivity contribution in [1.29, 1.82) is 0 Å². The van der Waals surface area contributed by atoms with Crippen LogP contribution in [-0.2, 0) is 9.53 Å². The van der Waals surface area contributed by atoms with Gasteiger partial charge in [0.05, 0.1) is 12.6 Å². The molecule has 0 saturated carbocycles. The zero-order chi connectivity index (χ0) is 19.6. The number of likely N-dealkylation sites (tertiary alicyclic amines) is 1. The predicted molar refractivity (Wildman–Crippen MR) is 110 cm³/mol. The van der Waals surface area contributed by atoms with Crippen LogP contribution < -0.4 is 5.32 Å². The number of guanidine groups is 1. The van der Waals surface area contributed by atoms with Crippen molar-refractivity contribution in [2.75, 3.05) is 66.0 Å². The summed E-state index contributed by atoms with van der Waals surface area (Å²) in [5, 5.41) is 3.49. The van der Waals surface area contributed by atoms with Gasteiger partial charge < -0.3 is 19.9 Å². The second-order valence-electron chi connectivity index (χ2n) is 7.85. The minimum atomic E-state index is 0.286. The molecule has 0 aromatic rings. The lowest BCUT2D eigenvalue weighted by atomic mass is 10.0. The molecule has 2 saturated heterocycles. The number of nitrogens with zero attached hydrogens (tertiary/aromatic N) is 4. The van der Waals surface area contributed by atoms with Crippen LogP contribution in [0.4, 0.5) is 0 Å². The van der Waals surface area contributed by atoms with Gasteiger partial charge in [-0.25, -0.2) is 0 Å². The number of ether oxygens (including phenoxy) is 1. The fourth-order valence-electron chi connectivity index (χ4n) is 3.86. The number of hydrogen-bond acceptors (Lipinski definition) is 4. The molecule has 0 bridgehead atoms. The Labute approximate surface area is 165 Å². The number of amides is 1. The van der Waals surface area contributed by atoms with Crippen molar-refractivity contribution >= 4 is 11.9 Å². The van der Waals surface area contributed by atoms with E-state index in [1.54, 1.807) is 0 Å². The maximum absolute atomic E-state index is 12.3. The first kappa shape index (κ1) is 22.0. The van der Waals surface area contributed by atoms with Crippen molar-refractivity contribution in [2.24, 2.45) is 10.9 Å². The molecule has 0 aliphatic carbocycles. The quantitative estimate of drug-likeness (QED) is 0.507. The van der Waals surface area contributed by atoms with Gasteiger partial charge in [0.2, 0.25) is 5.91 Å². The van der Waals surface area contributed by atoms with Gasteiger partial charge in [-0.2, -0.15) is 0 Å². The average molecular weight is 382 g/mol. The molecule has 27 heavy (non-hydrogen) atoms. The molecule has 0 aromatic carbocycles. The van der Waals surface area contributed by atoms with Crippen molar-refractivity contribution in [3.63, 3.8) is 0 Å². The molecule has 2 heterocycles. The van der Waals surface area contributed by atoms with Crippen LogP contribution in [0, 0.1) is 5.92 Å². The normalized spacial score (nSPS) is 20.4. The number of piperazine rings is 1. The van der Waals surface area contributed by atoms with Gasteiger partial charge in [-0.15, -0.1) is 0 Å². The highest BCUT2D eigenvalue weighted by Gasteiger charge is 2.24. The summed E-state index contributed by atoms with van der Waals surface area (Å²) in [6.07, 6.45) is 3.58. The van der Waals surface area contributed by atoms with E-state index in [-0.39, 0.29) is 6.10 Å². The third-order valence-electron chi connectivity index (χ3n) is 5.54. The van der Waals surface area contributed by atoms with Crippen molar-refractivity contribution < 1.29 is 9.53 Å². The Morgan fingerprint density at radius 3 is 2.30 bits per heavy atom. The number of nitrogens with one attached hydrogen (secondary N) is 1. The first-order chi connectivity index (χ1) is 13.0. The lowest BCUT2D eigenvalue weighted by Gasteiger charge is -2.36. The highest BCUT2D eigenvalue weighted by atomic mass is 16.5. The summed E-state index contributed by atoms with van der Waals surface area (Å²) in [4.78, 5) is 23.3. The Hall–Kier alpha value is -1.34. The van der Waals surface area contributed by atoms with Gasteiger partial charge in [0.1, 0.15) is 0 Å². The Morgan fingerprint density at radius 2 is 1.74 bits per heavy atom.